The molecule has 8 nitrogen and oxygen atoms in total. The molecule has 114 valence electrons. The van der Waals surface area contributed by atoms with Crippen LogP contribution in [0.4, 0.5) is 11.5 Å². The minimum absolute atomic E-state index is 0.0207. The van der Waals surface area contributed by atoms with Crippen molar-refractivity contribution in [1.29, 1.82) is 0 Å². The highest BCUT2D eigenvalue weighted by molar-refractivity contribution is 5.69. The van der Waals surface area contributed by atoms with E-state index in [1.54, 1.807) is 13.0 Å². The van der Waals surface area contributed by atoms with E-state index < -0.39 is 10.9 Å². The quantitative estimate of drug-likeness (QED) is 0.634. The molecule has 1 aliphatic rings. The first kappa shape index (κ1) is 15.2. The maximum atomic E-state index is 10.8. The van der Waals surface area contributed by atoms with Gasteiger partial charge in [0.25, 0.3) is 5.69 Å². The van der Waals surface area contributed by atoms with Crippen molar-refractivity contribution in [2.75, 3.05) is 37.6 Å². The summed E-state index contributed by atoms with van der Waals surface area (Å²) in [6.45, 7) is 5.23. The third-order valence-corrected chi connectivity index (χ3v) is 3.59. The smallest absolute Gasteiger partial charge is 0.307 e. The van der Waals surface area contributed by atoms with E-state index in [1.165, 1.54) is 12.3 Å². The van der Waals surface area contributed by atoms with Gasteiger partial charge in [0, 0.05) is 38.8 Å². The van der Waals surface area contributed by atoms with Gasteiger partial charge < -0.3 is 10.0 Å². The van der Waals surface area contributed by atoms with E-state index in [9.17, 15) is 14.9 Å². The van der Waals surface area contributed by atoms with Crippen LogP contribution in [0.25, 0.3) is 0 Å². The summed E-state index contributed by atoms with van der Waals surface area (Å²) in [4.78, 5) is 29.2. The summed E-state index contributed by atoms with van der Waals surface area (Å²) in [6, 6.07) is 3.09. The number of nitrogens with zero attached hydrogens (tertiary/aromatic N) is 4. The molecule has 0 aliphatic carbocycles. The van der Waals surface area contributed by atoms with Crippen molar-refractivity contribution in [2.45, 2.75) is 6.92 Å². The van der Waals surface area contributed by atoms with Gasteiger partial charge in [-0.25, -0.2) is 4.98 Å². The lowest BCUT2D eigenvalue weighted by Crippen LogP contribution is -2.48. The number of aliphatic carboxylic acids is 1. The minimum atomic E-state index is -0.783. The zero-order valence-electron chi connectivity index (χ0n) is 11.8. The lowest BCUT2D eigenvalue weighted by Gasteiger charge is -2.35. The van der Waals surface area contributed by atoms with Crippen molar-refractivity contribution >= 4 is 17.5 Å². The Morgan fingerprint density at radius 3 is 2.57 bits per heavy atom. The molecule has 1 aromatic heterocycles. The average Bonchev–Trinajstić information content (AvgIpc) is 2.48. The molecule has 21 heavy (non-hydrogen) atoms. The Labute approximate surface area is 122 Å². The van der Waals surface area contributed by atoms with Crippen LogP contribution >= 0.6 is 0 Å². The van der Waals surface area contributed by atoms with Crippen LogP contribution in [0.1, 0.15) is 6.92 Å². The molecular weight excluding hydrogens is 276 g/mol. The van der Waals surface area contributed by atoms with Gasteiger partial charge in [0.2, 0.25) is 0 Å². The molecule has 8 heteroatoms. The lowest BCUT2D eigenvalue weighted by molar-refractivity contribution is -0.385. The number of rotatable bonds is 5. The molecule has 2 heterocycles. The van der Waals surface area contributed by atoms with E-state index >= 15 is 0 Å². The number of nitro groups is 1. The molecule has 1 unspecified atom stereocenters. The Morgan fingerprint density at radius 1 is 1.43 bits per heavy atom. The molecule has 1 aliphatic heterocycles. The van der Waals surface area contributed by atoms with Crippen LogP contribution in [-0.4, -0.2) is 58.6 Å². The minimum Gasteiger partial charge on any atom is -0.481 e. The molecule has 1 N–H and O–H groups in total. The molecule has 0 saturated carbocycles. The van der Waals surface area contributed by atoms with Gasteiger partial charge in [-0.1, -0.05) is 6.92 Å². The molecule has 0 radical (unpaired) electrons. The average molecular weight is 294 g/mol. The SMILES string of the molecule is CC(CN1CCN(c2ccc([N+](=O)[O-])cn2)CC1)C(=O)O. The third-order valence-electron chi connectivity index (χ3n) is 3.59. The number of carbonyl (C=O) groups is 1. The summed E-state index contributed by atoms with van der Waals surface area (Å²) >= 11 is 0. The number of pyridine rings is 1. The van der Waals surface area contributed by atoms with E-state index in [1.807, 2.05) is 4.90 Å². The van der Waals surface area contributed by atoms with Crippen LogP contribution < -0.4 is 4.90 Å². The van der Waals surface area contributed by atoms with Crippen LogP contribution in [0.15, 0.2) is 18.3 Å². The van der Waals surface area contributed by atoms with Gasteiger partial charge in [0.15, 0.2) is 0 Å². The van der Waals surface area contributed by atoms with Crippen molar-refractivity contribution in [3.8, 4) is 0 Å². The number of anilines is 1. The first-order valence-corrected chi connectivity index (χ1v) is 6.78. The lowest BCUT2D eigenvalue weighted by atomic mass is 10.1. The van der Waals surface area contributed by atoms with Gasteiger partial charge >= 0.3 is 5.97 Å². The zero-order valence-corrected chi connectivity index (χ0v) is 11.8. The first-order valence-electron chi connectivity index (χ1n) is 6.78. The van der Waals surface area contributed by atoms with Gasteiger partial charge in [-0.2, -0.15) is 0 Å². The van der Waals surface area contributed by atoms with E-state index in [0.717, 1.165) is 26.2 Å². The molecule has 2 rings (SSSR count). The normalized spacial score (nSPS) is 17.5. The van der Waals surface area contributed by atoms with E-state index in [0.29, 0.717) is 12.4 Å². The highest BCUT2D eigenvalue weighted by atomic mass is 16.6. The van der Waals surface area contributed by atoms with Crippen LogP contribution in [0, 0.1) is 16.0 Å². The fourth-order valence-corrected chi connectivity index (χ4v) is 2.30. The van der Waals surface area contributed by atoms with Crippen LogP contribution in [0.2, 0.25) is 0 Å². The standard InChI is InChI=1S/C13H18N4O4/c1-10(13(18)19)9-15-4-6-16(7-5-15)12-3-2-11(8-14-12)17(20)21/h2-3,8,10H,4-7,9H2,1H3,(H,18,19). The topological polar surface area (TPSA) is 99.8 Å². The third kappa shape index (κ3) is 3.88. The van der Waals surface area contributed by atoms with Crippen LogP contribution in [-0.2, 0) is 4.79 Å². The second kappa shape index (κ2) is 6.49. The number of hydrogen-bond donors (Lipinski definition) is 1. The molecule has 0 aromatic carbocycles. The summed E-state index contributed by atoms with van der Waals surface area (Å²) < 4.78 is 0. The van der Waals surface area contributed by atoms with E-state index in [2.05, 4.69) is 9.88 Å². The monoisotopic (exact) mass is 294 g/mol. The molecule has 0 bridgehead atoms. The van der Waals surface area contributed by atoms with Crippen molar-refractivity contribution in [3.05, 3.63) is 28.4 Å². The Balaban J connectivity index is 1.88. The van der Waals surface area contributed by atoms with Crippen molar-refractivity contribution in [2.24, 2.45) is 5.92 Å². The predicted octanol–water partition coefficient (Wildman–Crippen LogP) is 0.832. The maximum absolute atomic E-state index is 10.8. The number of carboxylic acids is 1. The summed E-state index contributed by atoms with van der Waals surface area (Å²) in [5, 5.41) is 19.5. The van der Waals surface area contributed by atoms with Crippen molar-refractivity contribution in [1.82, 2.24) is 9.88 Å². The summed E-state index contributed by atoms with van der Waals surface area (Å²) in [7, 11) is 0. The molecule has 1 atom stereocenters. The van der Waals surface area contributed by atoms with Crippen LogP contribution in [0.3, 0.4) is 0 Å². The molecule has 1 saturated heterocycles. The maximum Gasteiger partial charge on any atom is 0.307 e. The second-order valence-electron chi connectivity index (χ2n) is 5.16. The first-order chi connectivity index (χ1) is 9.97. The molecule has 1 aromatic rings. The number of piperazine rings is 1. The Morgan fingerprint density at radius 2 is 2.10 bits per heavy atom. The largest absolute Gasteiger partial charge is 0.481 e. The predicted molar refractivity (Wildman–Crippen MR) is 76.3 cm³/mol. The number of hydrogen-bond acceptors (Lipinski definition) is 6. The number of aromatic nitrogens is 1. The van der Waals surface area contributed by atoms with Gasteiger partial charge in [-0.15, -0.1) is 0 Å². The molecule has 0 amide bonds. The Bertz CT molecular complexity index is 511. The highest BCUT2D eigenvalue weighted by Gasteiger charge is 2.22. The number of carboxylic acid groups (broad SMARTS) is 1. The summed E-state index contributed by atoms with van der Waals surface area (Å²) in [5.41, 5.74) is -0.0207. The molecule has 1 fully saturated rings. The van der Waals surface area contributed by atoms with Gasteiger partial charge in [-0.05, 0) is 6.07 Å². The zero-order chi connectivity index (χ0) is 15.4. The fraction of sp³-hybridized carbons (Fsp3) is 0.538. The van der Waals surface area contributed by atoms with Crippen LogP contribution in [0.5, 0.6) is 0 Å². The van der Waals surface area contributed by atoms with E-state index in [-0.39, 0.29) is 11.6 Å². The summed E-state index contributed by atoms with van der Waals surface area (Å²) in [6.07, 6.45) is 1.26. The highest BCUT2D eigenvalue weighted by Crippen LogP contribution is 2.17. The van der Waals surface area contributed by atoms with Gasteiger partial charge in [0.05, 0.1) is 10.8 Å². The fourth-order valence-electron chi connectivity index (χ4n) is 2.30. The Hall–Kier alpha value is -2.22. The molecular formula is C13H18N4O4. The van der Waals surface area contributed by atoms with Crippen molar-refractivity contribution in [3.63, 3.8) is 0 Å². The van der Waals surface area contributed by atoms with E-state index in [4.69, 9.17) is 5.11 Å². The summed E-state index contributed by atoms with van der Waals surface area (Å²) in [5.74, 6) is -0.449. The Kier molecular flexibility index (Phi) is 4.69. The van der Waals surface area contributed by atoms with Crippen molar-refractivity contribution < 1.29 is 14.8 Å². The van der Waals surface area contributed by atoms with Gasteiger partial charge in [0.1, 0.15) is 12.0 Å². The molecule has 0 spiro atoms. The van der Waals surface area contributed by atoms with Gasteiger partial charge in [-0.3, -0.25) is 19.8 Å². The second-order valence-corrected chi connectivity index (χ2v) is 5.16.